The second kappa shape index (κ2) is 5.33. The van der Waals surface area contributed by atoms with E-state index in [-0.39, 0.29) is 10.7 Å². The van der Waals surface area contributed by atoms with Crippen molar-refractivity contribution in [3.8, 4) is 5.75 Å². The van der Waals surface area contributed by atoms with E-state index < -0.39 is 10.5 Å². The number of rotatable bonds is 5. The lowest BCUT2D eigenvalue weighted by molar-refractivity contribution is -0.384. The molecule has 6 heteroatoms. The lowest BCUT2D eigenvalue weighted by Crippen LogP contribution is -2.41. The highest BCUT2D eigenvalue weighted by Gasteiger charge is 2.18. The molecule has 0 aliphatic rings. The van der Waals surface area contributed by atoms with Crippen LogP contribution in [0, 0.1) is 10.1 Å². The number of nitro groups is 1. The fraction of sp³-hybridized carbons (Fsp3) is 0.455. The van der Waals surface area contributed by atoms with Gasteiger partial charge in [-0.05, 0) is 19.4 Å². The molecule has 1 aromatic carbocycles. The number of ether oxygens (including phenoxy) is 1. The predicted molar refractivity (Wildman–Crippen MR) is 66.5 cm³/mol. The van der Waals surface area contributed by atoms with Crippen LogP contribution in [0.25, 0.3) is 0 Å². The van der Waals surface area contributed by atoms with Crippen LogP contribution in [0.5, 0.6) is 5.75 Å². The van der Waals surface area contributed by atoms with Crippen LogP contribution in [0.15, 0.2) is 18.2 Å². The summed E-state index contributed by atoms with van der Waals surface area (Å²) >= 11 is 5.88. The van der Waals surface area contributed by atoms with Gasteiger partial charge in [-0.2, -0.15) is 0 Å². The first kappa shape index (κ1) is 13.7. The van der Waals surface area contributed by atoms with Crippen LogP contribution in [0.4, 0.5) is 5.69 Å². The standard InChI is InChI=1S/C11H15ClN2O3/c1-3-11(2,13)7-17-10-5-4-8(14(15)16)6-9(10)12/h4-6H,3,7,13H2,1-2H3. The van der Waals surface area contributed by atoms with Gasteiger partial charge in [-0.15, -0.1) is 0 Å². The van der Waals surface area contributed by atoms with Gasteiger partial charge in [0, 0.05) is 17.7 Å². The summed E-state index contributed by atoms with van der Waals surface area (Å²) < 4.78 is 5.45. The molecule has 1 rings (SSSR count). The van der Waals surface area contributed by atoms with Crippen LogP contribution >= 0.6 is 11.6 Å². The number of benzene rings is 1. The first-order chi connectivity index (χ1) is 7.85. The molecule has 0 aromatic heterocycles. The number of hydrogen-bond acceptors (Lipinski definition) is 4. The Morgan fingerprint density at radius 1 is 1.59 bits per heavy atom. The quantitative estimate of drug-likeness (QED) is 0.651. The molecule has 1 aromatic rings. The van der Waals surface area contributed by atoms with Crippen molar-refractivity contribution in [2.24, 2.45) is 5.73 Å². The molecule has 0 bridgehead atoms. The van der Waals surface area contributed by atoms with Gasteiger partial charge in [0.1, 0.15) is 12.4 Å². The third-order valence-electron chi connectivity index (χ3n) is 2.49. The molecule has 1 unspecified atom stereocenters. The molecule has 0 aliphatic heterocycles. The first-order valence-electron chi connectivity index (χ1n) is 5.21. The molecule has 0 heterocycles. The minimum atomic E-state index is -0.505. The number of nitrogens with two attached hydrogens (primary N) is 1. The zero-order valence-corrected chi connectivity index (χ0v) is 10.5. The molecule has 1 atom stereocenters. The second-order valence-electron chi connectivity index (χ2n) is 4.17. The highest BCUT2D eigenvalue weighted by Crippen LogP contribution is 2.29. The summed E-state index contributed by atoms with van der Waals surface area (Å²) in [7, 11) is 0. The van der Waals surface area contributed by atoms with Gasteiger partial charge in [0.15, 0.2) is 0 Å². The van der Waals surface area contributed by atoms with E-state index in [9.17, 15) is 10.1 Å². The maximum absolute atomic E-state index is 10.5. The molecular weight excluding hydrogens is 244 g/mol. The first-order valence-corrected chi connectivity index (χ1v) is 5.59. The maximum Gasteiger partial charge on any atom is 0.271 e. The smallest absolute Gasteiger partial charge is 0.271 e. The maximum atomic E-state index is 10.5. The van der Waals surface area contributed by atoms with Crippen molar-refractivity contribution in [2.75, 3.05) is 6.61 Å². The van der Waals surface area contributed by atoms with Crippen LogP contribution < -0.4 is 10.5 Å². The van der Waals surface area contributed by atoms with E-state index in [0.717, 1.165) is 6.42 Å². The molecule has 0 spiro atoms. The summed E-state index contributed by atoms with van der Waals surface area (Å²) in [6, 6.07) is 4.09. The van der Waals surface area contributed by atoms with Crippen molar-refractivity contribution in [3.05, 3.63) is 33.3 Å². The van der Waals surface area contributed by atoms with Crippen molar-refractivity contribution in [3.63, 3.8) is 0 Å². The monoisotopic (exact) mass is 258 g/mol. The lowest BCUT2D eigenvalue weighted by atomic mass is 10.0. The normalized spacial score (nSPS) is 14.1. The van der Waals surface area contributed by atoms with Crippen LogP contribution in [0.1, 0.15) is 20.3 Å². The van der Waals surface area contributed by atoms with Crippen molar-refractivity contribution in [1.29, 1.82) is 0 Å². The summed E-state index contributed by atoms with van der Waals surface area (Å²) in [5.41, 5.74) is 5.41. The zero-order valence-electron chi connectivity index (χ0n) is 9.77. The molecule has 5 nitrogen and oxygen atoms in total. The zero-order chi connectivity index (χ0) is 13.1. The second-order valence-corrected chi connectivity index (χ2v) is 4.58. The van der Waals surface area contributed by atoms with Crippen molar-refractivity contribution in [2.45, 2.75) is 25.8 Å². The number of nitrogens with zero attached hydrogens (tertiary/aromatic N) is 1. The van der Waals surface area contributed by atoms with Gasteiger partial charge in [-0.3, -0.25) is 10.1 Å². The number of halogens is 1. The van der Waals surface area contributed by atoms with E-state index in [1.807, 2.05) is 13.8 Å². The summed E-state index contributed by atoms with van der Waals surface area (Å²) in [6.07, 6.45) is 0.762. The lowest BCUT2D eigenvalue weighted by Gasteiger charge is -2.23. The van der Waals surface area contributed by atoms with Crippen LogP contribution in [-0.2, 0) is 0 Å². The van der Waals surface area contributed by atoms with Gasteiger partial charge < -0.3 is 10.5 Å². The van der Waals surface area contributed by atoms with E-state index in [0.29, 0.717) is 12.4 Å². The number of nitro benzene ring substituents is 1. The van der Waals surface area contributed by atoms with Gasteiger partial charge in [-0.25, -0.2) is 0 Å². The van der Waals surface area contributed by atoms with Gasteiger partial charge in [0.25, 0.3) is 5.69 Å². The topological polar surface area (TPSA) is 78.4 Å². The Hall–Kier alpha value is -1.33. The molecule has 2 N–H and O–H groups in total. The molecule has 0 amide bonds. The van der Waals surface area contributed by atoms with Crippen molar-refractivity contribution >= 4 is 17.3 Å². The van der Waals surface area contributed by atoms with Crippen LogP contribution in [0.2, 0.25) is 5.02 Å². The Bertz CT molecular complexity index is 421. The van der Waals surface area contributed by atoms with E-state index in [4.69, 9.17) is 22.1 Å². The van der Waals surface area contributed by atoms with Crippen LogP contribution in [0.3, 0.4) is 0 Å². The summed E-state index contributed by atoms with van der Waals surface area (Å²) in [5, 5.41) is 10.7. The largest absolute Gasteiger partial charge is 0.490 e. The summed E-state index contributed by atoms with van der Waals surface area (Å²) in [6.45, 7) is 4.13. The van der Waals surface area contributed by atoms with Crippen LogP contribution in [-0.4, -0.2) is 17.1 Å². The molecule has 94 valence electrons. The SMILES string of the molecule is CCC(C)(N)COc1ccc([N+](=O)[O-])cc1Cl. The number of non-ortho nitro benzene ring substituents is 1. The third kappa shape index (κ3) is 3.87. The summed E-state index contributed by atoms with van der Waals surface area (Å²) in [5.74, 6) is 0.405. The van der Waals surface area contributed by atoms with Crippen molar-refractivity contribution in [1.82, 2.24) is 0 Å². The Morgan fingerprint density at radius 3 is 2.71 bits per heavy atom. The average Bonchev–Trinajstić information content (AvgIpc) is 2.27. The van der Waals surface area contributed by atoms with Gasteiger partial charge in [0.2, 0.25) is 0 Å². The van der Waals surface area contributed by atoms with Crippen molar-refractivity contribution < 1.29 is 9.66 Å². The number of hydrogen-bond donors (Lipinski definition) is 1. The Kier molecular flexibility index (Phi) is 4.31. The summed E-state index contributed by atoms with van der Waals surface area (Å²) in [4.78, 5) is 10.0. The predicted octanol–water partition coefficient (Wildman–Crippen LogP) is 2.75. The average molecular weight is 259 g/mol. The van der Waals surface area contributed by atoms with E-state index in [1.165, 1.54) is 18.2 Å². The highest BCUT2D eigenvalue weighted by molar-refractivity contribution is 6.32. The Labute approximate surface area is 105 Å². The van der Waals surface area contributed by atoms with Gasteiger partial charge >= 0.3 is 0 Å². The molecule has 0 radical (unpaired) electrons. The van der Waals surface area contributed by atoms with E-state index in [1.54, 1.807) is 0 Å². The van der Waals surface area contributed by atoms with E-state index in [2.05, 4.69) is 0 Å². The van der Waals surface area contributed by atoms with E-state index >= 15 is 0 Å². The minimum Gasteiger partial charge on any atom is -0.490 e. The Morgan fingerprint density at radius 2 is 2.24 bits per heavy atom. The fourth-order valence-electron chi connectivity index (χ4n) is 1.07. The fourth-order valence-corrected chi connectivity index (χ4v) is 1.29. The molecular formula is C11H15ClN2O3. The highest BCUT2D eigenvalue weighted by atomic mass is 35.5. The molecule has 0 aliphatic carbocycles. The molecule has 0 fully saturated rings. The Balaban J connectivity index is 2.77. The van der Waals surface area contributed by atoms with Gasteiger partial charge in [-0.1, -0.05) is 18.5 Å². The molecule has 17 heavy (non-hydrogen) atoms. The molecule has 0 saturated carbocycles. The minimum absolute atomic E-state index is 0.0617. The van der Waals surface area contributed by atoms with Gasteiger partial charge in [0.05, 0.1) is 9.95 Å². The molecule has 0 saturated heterocycles. The third-order valence-corrected chi connectivity index (χ3v) is 2.79.